The fourth-order valence-electron chi connectivity index (χ4n) is 3.42. The molecule has 0 aromatic carbocycles. The molecular weight excluding hydrogens is 352 g/mol. The SMILES string of the molecule is CC(C)Nc1nc(C(F)F)cc2cnc(NC(=O)[C@H]3CCC[C@@H](N)C3)cc12. The van der Waals surface area contributed by atoms with Crippen molar-refractivity contribution in [2.24, 2.45) is 11.7 Å². The molecule has 2 atom stereocenters. The van der Waals surface area contributed by atoms with Gasteiger partial charge in [0.1, 0.15) is 17.3 Å². The highest BCUT2D eigenvalue weighted by molar-refractivity contribution is 5.97. The first-order chi connectivity index (χ1) is 12.8. The minimum Gasteiger partial charge on any atom is -0.367 e. The van der Waals surface area contributed by atoms with Crippen LogP contribution >= 0.6 is 0 Å². The smallest absolute Gasteiger partial charge is 0.280 e. The monoisotopic (exact) mass is 377 g/mol. The van der Waals surface area contributed by atoms with E-state index in [1.807, 2.05) is 13.8 Å². The van der Waals surface area contributed by atoms with E-state index >= 15 is 0 Å². The van der Waals surface area contributed by atoms with Gasteiger partial charge in [0.05, 0.1) is 0 Å². The van der Waals surface area contributed by atoms with Gasteiger partial charge in [-0.05, 0) is 45.2 Å². The molecule has 2 aromatic rings. The maximum atomic E-state index is 13.1. The molecule has 146 valence electrons. The number of amides is 1. The molecule has 6 nitrogen and oxygen atoms in total. The molecule has 1 fully saturated rings. The molecule has 0 radical (unpaired) electrons. The predicted octanol–water partition coefficient (Wildman–Crippen LogP) is 3.84. The average Bonchev–Trinajstić information content (AvgIpc) is 2.61. The van der Waals surface area contributed by atoms with Crippen LogP contribution in [-0.4, -0.2) is 28.0 Å². The number of anilines is 2. The summed E-state index contributed by atoms with van der Waals surface area (Å²) in [5.74, 6) is 0.506. The highest BCUT2D eigenvalue weighted by Crippen LogP contribution is 2.30. The quantitative estimate of drug-likeness (QED) is 0.736. The average molecular weight is 377 g/mol. The number of pyridine rings is 2. The van der Waals surface area contributed by atoms with Crippen molar-refractivity contribution in [1.82, 2.24) is 9.97 Å². The Morgan fingerprint density at radius 1 is 1.30 bits per heavy atom. The molecule has 2 heterocycles. The molecule has 3 rings (SSSR count). The second-order valence-corrected chi connectivity index (χ2v) is 7.40. The van der Waals surface area contributed by atoms with E-state index in [4.69, 9.17) is 5.73 Å². The number of fused-ring (bicyclic) bond motifs is 1. The van der Waals surface area contributed by atoms with Crippen molar-refractivity contribution in [1.29, 1.82) is 0 Å². The van der Waals surface area contributed by atoms with Gasteiger partial charge in [0, 0.05) is 35.0 Å². The Hall–Kier alpha value is -2.35. The van der Waals surface area contributed by atoms with Gasteiger partial charge in [-0.25, -0.2) is 18.7 Å². The Bertz CT molecular complexity index is 827. The van der Waals surface area contributed by atoms with E-state index < -0.39 is 6.43 Å². The number of nitrogens with two attached hydrogens (primary N) is 1. The number of halogens is 2. The van der Waals surface area contributed by atoms with Crippen LogP contribution in [0.15, 0.2) is 18.3 Å². The first-order valence-corrected chi connectivity index (χ1v) is 9.25. The Labute approximate surface area is 156 Å². The summed E-state index contributed by atoms with van der Waals surface area (Å²) in [4.78, 5) is 20.8. The van der Waals surface area contributed by atoms with Crippen LogP contribution in [0.5, 0.6) is 0 Å². The van der Waals surface area contributed by atoms with Gasteiger partial charge in [-0.2, -0.15) is 0 Å². The number of carbonyl (C=O) groups excluding carboxylic acids is 1. The summed E-state index contributed by atoms with van der Waals surface area (Å²) in [5.41, 5.74) is 5.66. The van der Waals surface area contributed by atoms with Gasteiger partial charge in [-0.3, -0.25) is 4.79 Å². The zero-order valence-electron chi connectivity index (χ0n) is 15.5. The third-order valence-electron chi connectivity index (χ3n) is 4.72. The largest absolute Gasteiger partial charge is 0.367 e. The molecule has 8 heteroatoms. The molecule has 1 saturated carbocycles. The number of rotatable bonds is 5. The molecular formula is C19H25F2N5O. The summed E-state index contributed by atoms with van der Waals surface area (Å²) >= 11 is 0. The van der Waals surface area contributed by atoms with Crippen LogP contribution in [-0.2, 0) is 4.79 Å². The highest BCUT2D eigenvalue weighted by atomic mass is 19.3. The summed E-state index contributed by atoms with van der Waals surface area (Å²) in [5, 5.41) is 7.10. The minimum absolute atomic E-state index is 0.0172. The van der Waals surface area contributed by atoms with Crippen molar-refractivity contribution in [3.8, 4) is 0 Å². The van der Waals surface area contributed by atoms with E-state index in [2.05, 4.69) is 20.6 Å². The number of alkyl halides is 2. The lowest BCUT2D eigenvalue weighted by molar-refractivity contribution is -0.120. The second kappa shape index (κ2) is 8.12. The zero-order valence-corrected chi connectivity index (χ0v) is 15.5. The van der Waals surface area contributed by atoms with Crippen molar-refractivity contribution in [2.45, 2.75) is 58.0 Å². The molecule has 4 N–H and O–H groups in total. The summed E-state index contributed by atoms with van der Waals surface area (Å²) in [6.07, 6.45) is 2.17. The molecule has 2 aromatic heterocycles. The van der Waals surface area contributed by atoms with Crippen LogP contribution < -0.4 is 16.4 Å². The van der Waals surface area contributed by atoms with Gasteiger partial charge in [0.15, 0.2) is 0 Å². The summed E-state index contributed by atoms with van der Waals surface area (Å²) in [7, 11) is 0. The lowest BCUT2D eigenvalue weighted by atomic mass is 9.85. The van der Waals surface area contributed by atoms with Crippen molar-refractivity contribution >= 4 is 28.3 Å². The summed E-state index contributed by atoms with van der Waals surface area (Å²) in [6.45, 7) is 3.80. The Morgan fingerprint density at radius 2 is 2.07 bits per heavy atom. The van der Waals surface area contributed by atoms with Gasteiger partial charge >= 0.3 is 0 Å². The lowest BCUT2D eigenvalue weighted by Crippen LogP contribution is -2.34. The predicted molar refractivity (Wildman–Crippen MR) is 102 cm³/mol. The van der Waals surface area contributed by atoms with Gasteiger partial charge in [0.25, 0.3) is 6.43 Å². The van der Waals surface area contributed by atoms with Gasteiger partial charge in [0.2, 0.25) is 5.91 Å². The van der Waals surface area contributed by atoms with Crippen molar-refractivity contribution in [3.63, 3.8) is 0 Å². The molecule has 27 heavy (non-hydrogen) atoms. The van der Waals surface area contributed by atoms with E-state index in [1.165, 1.54) is 12.3 Å². The van der Waals surface area contributed by atoms with Crippen LogP contribution in [0.1, 0.15) is 51.7 Å². The Kier molecular flexibility index (Phi) is 5.84. The molecule has 0 spiro atoms. The van der Waals surface area contributed by atoms with Crippen molar-refractivity contribution < 1.29 is 13.6 Å². The number of hydrogen-bond donors (Lipinski definition) is 3. The van der Waals surface area contributed by atoms with Crippen LogP contribution in [0.4, 0.5) is 20.4 Å². The molecule has 1 amide bonds. The van der Waals surface area contributed by atoms with E-state index in [1.54, 1.807) is 6.07 Å². The van der Waals surface area contributed by atoms with E-state index in [-0.39, 0.29) is 29.6 Å². The van der Waals surface area contributed by atoms with Gasteiger partial charge < -0.3 is 16.4 Å². The van der Waals surface area contributed by atoms with Crippen LogP contribution in [0.25, 0.3) is 10.8 Å². The maximum absolute atomic E-state index is 13.1. The molecule has 0 bridgehead atoms. The van der Waals surface area contributed by atoms with Gasteiger partial charge in [-0.15, -0.1) is 0 Å². The Morgan fingerprint density at radius 3 is 2.74 bits per heavy atom. The second-order valence-electron chi connectivity index (χ2n) is 7.40. The van der Waals surface area contributed by atoms with Crippen molar-refractivity contribution in [3.05, 3.63) is 24.0 Å². The number of aromatic nitrogens is 2. The minimum atomic E-state index is -2.67. The summed E-state index contributed by atoms with van der Waals surface area (Å²) in [6, 6.07) is 3.06. The number of nitrogens with one attached hydrogen (secondary N) is 2. The van der Waals surface area contributed by atoms with E-state index in [0.717, 1.165) is 19.3 Å². The van der Waals surface area contributed by atoms with Gasteiger partial charge in [-0.1, -0.05) is 6.42 Å². The third kappa shape index (κ3) is 4.68. The third-order valence-corrected chi connectivity index (χ3v) is 4.72. The normalized spacial score (nSPS) is 20.3. The molecule has 0 unspecified atom stereocenters. The number of carbonyl (C=O) groups is 1. The van der Waals surface area contributed by atoms with Crippen LogP contribution in [0.3, 0.4) is 0 Å². The van der Waals surface area contributed by atoms with E-state index in [0.29, 0.717) is 28.8 Å². The van der Waals surface area contributed by atoms with Crippen LogP contribution in [0.2, 0.25) is 0 Å². The Balaban J connectivity index is 1.89. The highest BCUT2D eigenvalue weighted by Gasteiger charge is 2.25. The number of hydrogen-bond acceptors (Lipinski definition) is 5. The topological polar surface area (TPSA) is 92.9 Å². The molecule has 0 aliphatic heterocycles. The molecule has 0 saturated heterocycles. The maximum Gasteiger partial charge on any atom is 0.280 e. The first kappa shape index (κ1) is 19.4. The molecule has 1 aliphatic rings. The lowest BCUT2D eigenvalue weighted by Gasteiger charge is -2.25. The zero-order chi connectivity index (χ0) is 19.6. The van der Waals surface area contributed by atoms with E-state index in [9.17, 15) is 13.6 Å². The van der Waals surface area contributed by atoms with Crippen molar-refractivity contribution in [2.75, 3.05) is 10.6 Å². The standard InChI is InChI=1S/C19H25F2N5O/c1-10(2)24-18-14-8-16(23-9-12(14)7-15(25-18)17(20)21)26-19(27)11-4-3-5-13(22)6-11/h7-11,13,17H,3-6,22H2,1-2H3,(H,24,25)(H,23,26,27)/t11-,13+/m0/s1. The first-order valence-electron chi connectivity index (χ1n) is 9.25. The fourth-order valence-corrected chi connectivity index (χ4v) is 3.42. The number of nitrogens with zero attached hydrogens (tertiary/aromatic N) is 2. The molecule has 1 aliphatic carbocycles. The fraction of sp³-hybridized carbons (Fsp3) is 0.526. The summed E-state index contributed by atoms with van der Waals surface area (Å²) < 4.78 is 26.2. The van der Waals surface area contributed by atoms with Crippen LogP contribution in [0, 0.1) is 5.92 Å².